The molecule has 0 aromatic rings. The Hall–Kier alpha value is -0.530. The molecule has 0 bridgehead atoms. The van der Waals surface area contributed by atoms with Crippen molar-refractivity contribution in [2.24, 2.45) is 16.5 Å². The normalized spacial score (nSPS) is 32.5. The van der Waals surface area contributed by atoms with E-state index in [1.54, 1.807) is 0 Å². The first-order valence-electron chi connectivity index (χ1n) is 5.30. The Kier molecular flexibility index (Phi) is 2.09. The fraction of sp³-hybridized carbons (Fsp3) is 0.909. The quantitative estimate of drug-likeness (QED) is 0.484. The van der Waals surface area contributed by atoms with E-state index in [4.69, 9.17) is 4.84 Å². The van der Waals surface area contributed by atoms with E-state index >= 15 is 0 Å². The third-order valence-electron chi connectivity index (χ3n) is 3.42. The van der Waals surface area contributed by atoms with Crippen molar-refractivity contribution < 1.29 is 4.84 Å². The van der Waals surface area contributed by atoms with Gasteiger partial charge in [-0.15, -0.1) is 0 Å². The molecule has 0 radical (unpaired) electrons. The summed E-state index contributed by atoms with van der Waals surface area (Å²) in [7, 11) is 0. The van der Waals surface area contributed by atoms with Gasteiger partial charge < -0.3 is 4.84 Å². The lowest BCUT2D eigenvalue weighted by molar-refractivity contribution is 0.00535. The van der Waals surface area contributed by atoms with Gasteiger partial charge in [0.15, 0.2) is 0 Å². The summed E-state index contributed by atoms with van der Waals surface area (Å²) in [5.74, 6) is 0.674. The van der Waals surface area contributed by atoms with Gasteiger partial charge in [-0.2, -0.15) is 0 Å². The Bertz CT molecular complexity index is 228. The second-order valence-electron chi connectivity index (χ2n) is 5.14. The van der Waals surface area contributed by atoms with Crippen LogP contribution in [-0.4, -0.2) is 11.8 Å². The van der Waals surface area contributed by atoms with E-state index in [9.17, 15) is 0 Å². The van der Waals surface area contributed by atoms with Crippen molar-refractivity contribution in [1.29, 1.82) is 0 Å². The largest absolute Gasteiger partial charge is 0.393 e. The van der Waals surface area contributed by atoms with E-state index in [0.717, 1.165) is 0 Å². The van der Waals surface area contributed by atoms with E-state index in [0.29, 0.717) is 17.4 Å². The predicted molar refractivity (Wildman–Crippen MR) is 53.7 cm³/mol. The molecule has 2 aliphatic rings. The molecule has 2 heteroatoms. The van der Waals surface area contributed by atoms with Crippen molar-refractivity contribution in [3.8, 4) is 0 Å². The van der Waals surface area contributed by atoms with E-state index in [-0.39, 0.29) is 0 Å². The molecule has 0 N–H and O–H groups in total. The first-order chi connectivity index (χ1) is 6.09. The second-order valence-corrected chi connectivity index (χ2v) is 5.14. The highest BCUT2D eigenvalue weighted by Gasteiger charge is 2.47. The summed E-state index contributed by atoms with van der Waals surface area (Å²) in [5.41, 5.74) is 1.67. The molecule has 1 atom stereocenters. The SMILES string of the molecule is C/C(=N\OC1CCC1)C1CC1(C)C. The fourth-order valence-electron chi connectivity index (χ4n) is 1.88. The first kappa shape index (κ1) is 9.04. The maximum atomic E-state index is 5.42. The molecular weight excluding hydrogens is 162 g/mol. The van der Waals surface area contributed by atoms with Crippen LogP contribution in [0.5, 0.6) is 0 Å². The van der Waals surface area contributed by atoms with Crippen LogP contribution in [0, 0.1) is 11.3 Å². The summed E-state index contributed by atoms with van der Waals surface area (Å²) in [5, 5.41) is 4.22. The molecule has 2 aliphatic carbocycles. The lowest BCUT2D eigenvalue weighted by Gasteiger charge is -2.22. The second kappa shape index (κ2) is 3.00. The maximum Gasteiger partial charge on any atom is 0.127 e. The monoisotopic (exact) mass is 181 g/mol. The van der Waals surface area contributed by atoms with Crippen molar-refractivity contribution in [3.05, 3.63) is 0 Å². The van der Waals surface area contributed by atoms with Crippen LogP contribution < -0.4 is 0 Å². The smallest absolute Gasteiger partial charge is 0.127 e. The molecule has 1 unspecified atom stereocenters. The molecule has 0 amide bonds. The molecule has 0 heterocycles. The van der Waals surface area contributed by atoms with Crippen LogP contribution >= 0.6 is 0 Å². The van der Waals surface area contributed by atoms with Gasteiger partial charge in [0.2, 0.25) is 0 Å². The molecule has 0 aromatic carbocycles. The highest BCUT2D eigenvalue weighted by Crippen LogP contribution is 2.52. The Morgan fingerprint density at radius 1 is 1.38 bits per heavy atom. The zero-order valence-corrected chi connectivity index (χ0v) is 8.84. The highest BCUT2D eigenvalue weighted by atomic mass is 16.6. The minimum atomic E-state index is 0.428. The summed E-state index contributed by atoms with van der Waals surface area (Å²) in [6.07, 6.45) is 5.41. The molecule has 0 aliphatic heterocycles. The van der Waals surface area contributed by atoms with E-state index in [1.165, 1.54) is 31.4 Å². The molecule has 2 saturated carbocycles. The Balaban J connectivity index is 1.79. The van der Waals surface area contributed by atoms with Crippen LogP contribution in [0.1, 0.15) is 46.5 Å². The van der Waals surface area contributed by atoms with Crippen LogP contribution in [-0.2, 0) is 4.84 Å². The molecule has 0 saturated heterocycles. The van der Waals surface area contributed by atoms with Crippen LogP contribution in [0.4, 0.5) is 0 Å². The van der Waals surface area contributed by atoms with E-state index < -0.39 is 0 Å². The molecule has 2 fully saturated rings. The zero-order chi connectivity index (χ0) is 9.47. The fourth-order valence-corrected chi connectivity index (χ4v) is 1.88. The minimum Gasteiger partial charge on any atom is -0.393 e. The summed E-state index contributed by atoms with van der Waals surface area (Å²) in [4.78, 5) is 5.42. The highest BCUT2D eigenvalue weighted by molar-refractivity contribution is 5.87. The number of rotatable bonds is 3. The van der Waals surface area contributed by atoms with Gasteiger partial charge in [-0.1, -0.05) is 19.0 Å². The van der Waals surface area contributed by atoms with Gasteiger partial charge in [-0.25, -0.2) is 0 Å². The van der Waals surface area contributed by atoms with Crippen molar-refractivity contribution in [1.82, 2.24) is 0 Å². The summed E-state index contributed by atoms with van der Waals surface area (Å²) < 4.78 is 0. The standard InChI is InChI=1S/C11H19NO/c1-8(10-7-11(10,2)3)12-13-9-5-4-6-9/h9-10H,4-7H2,1-3H3/b12-8+. The number of nitrogens with zero attached hydrogens (tertiary/aromatic N) is 1. The van der Waals surface area contributed by atoms with Crippen LogP contribution in [0.3, 0.4) is 0 Å². The van der Waals surface area contributed by atoms with Gasteiger partial charge in [-0.3, -0.25) is 0 Å². The molecule has 13 heavy (non-hydrogen) atoms. The summed E-state index contributed by atoms with van der Waals surface area (Å²) in [6.45, 7) is 6.68. The molecule has 74 valence electrons. The average Bonchev–Trinajstić information content (AvgIpc) is 2.56. The van der Waals surface area contributed by atoms with Gasteiger partial charge in [0.05, 0.1) is 5.71 Å². The third kappa shape index (κ3) is 1.87. The van der Waals surface area contributed by atoms with Crippen LogP contribution in [0.25, 0.3) is 0 Å². The van der Waals surface area contributed by atoms with Gasteiger partial charge in [0, 0.05) is 5.92 Å². The third-order valence-corrected chi connectivity index (χ3v) is 3.42. The lowest BCUT2D eigenvalue weighted by Crippen LogP contribution is -2.19. The Morgan fingerprint density at radius 2 is 2.00 bits per heavy atom. The Morgan fingerprint density at radius 3 is 2.38 bits per heavy atom. The predicted octanol–water partition coefficient (Wildman–Crippen LogP) is 2.98. The zero-order valence-electron chi connectivity index (χ0n) is 8.84. The number of hydrogen-bond acceptors (Lipinski definition) is 2. The Labute approximate surface area is 80.3 Å². The van der Waals surface area contributed by atoms with Crippen molar-refractivity contribution in [3.63, 3.8) is 0 Å². The lowest BCUT2D eigenvalue weighted by atomic mass is 9.97. The van der Waals surface area contributed by atoms with Gasteiger partial charge >= 0.3 is 0 Å². The van der Waals surface area contributed by atoms with Crippen molar-refractivity contribution in [2.75, 3.05) is 0 Å². The van der Waals surface area contributed by atoms with Crippen molar-refractivity contribution >= 4 is 5.71 Å². The van der Waals surface area contributed by atoms with E-state index in [2.05, 4.69) is 25.9 Å². The van der Waals surface area contributed by atoms with Crippen LogP contribution in [0.2, 0.25) is 0 Å². The number of hydrogen-bond donors (Lipinski definition) is 0. The topological polar surface area (TPSA) is 21.6 Å². The first-order valence-corrected chi connectivity index (χ1v) is 5.30. The van der Waals surface area contributed by atoms with Gasteiger partial charge in [-0.05, 0) is 38.0 Å². The average molecular weight is 181 g/mol. The maximum absolute atomic E-state index is 5.42. The molecule has 2 rings (SSSR count). The van der Waals surface area contributed by atoms with Crippen LogP contribution in [0.15, 0.2) is 5.16 Å². The molecule has 0 spiro atoms. The minimum absolute atomic E-state index is 0.428. The molecular formula is C11H19NO. The molecule has 0 aromatic heterocycles. The van der Waals surface area contributed by atoms with Gasteiger partial charge in [0.1, 0.15) is 6.10 Å². The van der Waals surface area contributed by atoms with Gasteiger partial charge in [0.25, 0.3) is 0 Å². The molecule has 2 nitrogen and oxygen atoms in total. The summed E-state index contributed by atoms with van der Waals surface area (Å²) >= 11 is 0. The van der Waals surface area contributed by atoms with E-state index in [1.807, 2.05) is 0 Å². The number of oxime groups is 1. The summed E-state index contributed by atoms with van der Waals surface area (Å²) in [6, 6.07) is 0. The van der Waals surface area contributed by atoms with Crippen molar-refractivity contribution in [2.45, 2.75) is 52.6 Å².